The molecule has 0 saturated heterocycles. The molecule has 2 nitrogen and oxygen atoms in total. The number of para-hydroxylation sites is 2. The molecule has 0 spiro atoms. The Morgan fingerprint density at radius 2 is 1.10 bits per heavy atom. The standard InChI is InChI=1S/C57H50N2/c1-39-33-41-34-40(2)37-57(36-39,38-41)46-16-12-17-49(35-46)58(47-28-23-43(24-29-47)42-13-4-3-5-14-42)48-30-25-45(26-31-48)50-18-8-10-21-53(50)59-54-22-11-9-20-52(54)56-51-19-7-6-15-44(51)27-32-55(56)59/h3-32,35,39-41H,33-34,36-38H2,1-2H3/t39-,40-,41?,57?/m0/s1. The van der Waals surface area contributed by atoms with Gasteiger partial charge in [-0.3, -0.25) is 0 Å². The summed E-state index contributed by atoms with van der Waals surface area (Å²) in [5.41, 5.74) is 13.8. The first kappa shape index (κ1) is 35.8. The molecule has 288 valence electrons. The molecule has 1 aromatic heterocycles. The van der Waals surface area contributed by atoms with E-state index in [4.69, 9.17) is 0 Å². The number of hydrogen-bond acceptors (Lipinski definition) is 1. The zero-order valence-corrected chi connectivity index (χ0v) is 34.1. The average Bonchev–Trinajstić information content (AvgIpc) is 3.62. The van der Waals surface area contributed by atoms with Crippen molar-refractivity contribution < 1.29 is 0 Å². The van der Waals surface area contributed by atoms with Gasteiger partial charge in [0, 0.05) is 33.4 Å². The normalized spacial score (nSPS) is 20.3. The van der Waals surface area contributed by atoms with E-state index in [0.717, 1.165) is 29.1 Å². The van der Waals surface area contributed by atoms with Gasteiger partial charge in [0.25, 0.3) is 0 Å². The smallest absolute Gasteiger partial charge is 0.0547 e. The van der Waals surface area contributed by atoms with Crippen molar-refractivity contribution in [2.45, 2.75) is 51.4 Å². The van der Waals surface area contributed by atoms with Crippen LogP contribution >= 0.6 is 0 Å². The van der Waals surface area contributed by atoms with Crippen LogP contribution in [0.2, 0.25) is 0 Å². The van der Waals surface area contributed by atoms with Gasteiger partial charge in [-0.15, -0.1) is 0 Å². The lowest BCUT2D eigenvalue weighted by Gasteiger charge is -2.50. The minimum Gasteiger partial charge on any atom is -0.310 e. The van der Waals surface area contributed by atoms with E-state index in [0.29, 0.717) is 0 Å². The number of aromatic nitrogens is 1. The van der Waals surface area contributed by atoms with Crippen molar-refractivity contribution in [3.8, 4) is 27.9 Å². The second kappa shape index (κ2) is 14.5. The second-order valence-corrected chi connectivity index (χ2v) is 17.8. The molecule has 8 aromatic carbocycles. The Bertz CT molecular complexity index is 2940. The fourth-order valence-electron chi connectivity index (χ4n) is 11.6. The molecule has 2 aliphatic rings. The lowest BCUT2D eigenvalue weighted by Crippen LogP contribution is -2.42. The van der Waals surface area contributed by atoms with Gasteiger partial charge in [0.1, 0.15) is 0 Å². The Balaban J connectivity index is 1.02. The predicted molar refractivity (Wildman–Crippen MR) is 250 cm³/mol. The molecule has 11 rings (SSSR count). The fraction of sp³-hybridized carbons (Fsp3) is 0.193. The number of anilines is 3. The Morgan fingerprint density at radius 1 is 0.475 bits per heavy atom. The van der Waals surface area contributed by atoms with Crippen molar-refractivity contribution in [1.29, 1.82) is 0 Å². The highest BCUT2D eigenvalue weighted by atomic mass is 15.1. The van der Waals surface area contributed by atoms with E-state index in [-0.39, 0.29) is 5.41 Å². The van der Waals surface area contributed by atoms with Gasteiger partial charge in [-0.1, -0.05) is 147 Å². The Morgan fingerprint density at radius 3 is 1.86 bits per heavy atom. The van der Waals surface area contributed by atoms with Crippen LogP contribution in [0.3, 0.4) is 0 Å². The maximum Gasteiger partial charge on any atom is 0.0547 e. The third kappa shape index (κ3) is 6.25. The minimum absolute atomic E-state index is 0.255. The van der Waals surface area contributed by atoms with Crippen LogP contribution in [-0.4, -0.2) is 4.57 Å². The fourth-order valence-corrected chi connectivity index (χ4v) is 11.6. The van der Waals surface area contributed by atoms with E-state index in [1.807, 2.05) is 0 Å². The van der Waals surface area contributed by atoms with Gasteiger partial charge in [0.15, 0.2) is 0 Å². The van der Waals surface area contributed by atoms with E-state index in [2.05, 4.69) is 211 Å². The predicted octanol–water partition coefficient (Wildman–Crippen LogP) is 15.8. The molecule has 0 radical (unpaired) electrons. The van der Waals surface area contributed by atoms with E-state index >= 15 is 0 Å². The summed E-state index contributed by atoms with van der Waals surface area (Å²) >= 11 is 0. The summed E-state index contributed by atoms with van der Waals surface area (Å²) in [7, 11) is 0. The summed E-state index contributed by atoms with van der Waals surface area (Å²) in [6.45, 7) is 4.98. The number of nitrogens with zero attached hydrogens (tertiary/aromatic N) is 2. The Hall–Kier alpha value is -6.38. The summed E-state index contributed by atoms with van der Waals surface area (Å²) in [6, 6.07) is 69.8. The summed E-state index contributed by atoms with van der Waals surface area (Å²) in [5, 5.41) is 5.14. The van der Waals surface area contributed by atoms with Crippen molar-refractivity contribution in [2.75, 3.05) is 4.90 Å². The third-order valence-corrected chi connectivity index (χ3v) is 13.7. The molecule has 2 aliphatic carbocycles. The summed E-state index contributed by atoms with van der Waals surface area (Å²) < 4.78 is 2.47. The molecule has 59 heavy (non-hydrogen) atoms. The Labute approximate surface area is 348 Å². The molecule has 2 heteroatoms. The molecule has 2 atom stereocenters. The van der Waals surface area contributed by atoms with Crippen LogP contribution in [0, 0.1) is 17.8 Å². The molecule has 9 aromatic rings. The highest BCUT2D eigenvalue weighted by Gasteiger charge is 2.45. The van der Waals surface area contributed by atoms with Crippen LogP contribution in [0.25, 0.3) is 60.5 Å². The summed E-state index contributed by atoms with van der Waals surface area (Å²) in [4.78, 5) is 2.47. The summed E-state index contributed by atoms with van der Waals surface area (Å²) in [6.07, 6.45) is 6.68. The quantitative estimate of drug-likeness (QED) is 0.157. The van der Waals surface area contributed by atoms with Gasteiger partial charge in [-0.05, 0) is 143 Å². The van der Waals surface area contributed by atoms with Crippen molar-refractivity contribution >= 4 is 49.6 Å². The number of benzene rings is 8. The van der Waals surface area contributed by atoms with Crippen molar-refractivity contribution in [3.63, 3.8) is 0 Å². The van der Waals surface area contributed by atoms with Crippen LogP contribution in [0.4, 0.5) is 17.1 Å². The van der Waals surface area contributed by atoms with Crippen molar-refractivity contribution in [3.05, 3.63) is 194 Å². The molecular formula is C57H50N2. The van der Waals surface area contributed by atoms with Gasteiger partial charge in [0.05, 0.1) is 16.7 Å². The van der Waals surface area contributed by atoms with Crippen LogP contribution in [0.5, 0.6) is 0 Å². The average molecular weight is 763 g/mol. The van der Waals surface area contributed by atoms with Crippen LogP contribution in [-0.2, 0) is 5.41 Å². The zero-order chi connectivity index (χ0) is 39.5. The lowest BCUT2D eigenvalue weighted by atomic mass is 9.54. The van der Waals surface area contributed by atoms with Gasteiger partial charge < -0.3 is 9.47 Å². The topological polar surface area (TPSA) is 8.17 Å². The van der Waals surface area contributed by atoms with Gasteiger partial charge in [0.2, 0.25) is 0 Å². The monoisotopic (exact) mass is 762 g/mol. The molecule has 2 fully saturated rings. The molecule has 2 bridgehead atoms. The lowest BCUT2D eigenvalue weighted by molar-refractivity contribution is 0.0780. The number of fused-ring (bicyclic) bond motifs is 7. The van der Waals surface area contributed by atoms with E-state index < -0.39 is 0 Å². The SMILES string of the molecule is C[C@H]1CC2C[C@H](C)CC(c3cccc(N(c4ccc(-c5ccccc5)cc4)c4ccc(-c5ccccc5-n5c6ccccc6c6c7ccccc7ccc65)cc4)c3)(C2)C1. The minimum atomic E-state index is 0.255. The largest absolute Gasteiger partial charge is 0.310 e. The first-order valence-electron chi connectivity index (χ1n) is 21.7. The first-order chi connectivity index (χ1) is 29.0. The van der Waals surface area contributed by atoms with Crippen LogP contribution < -0.4 is 4.90 Å². The highest BCUT2D eigenvalue weighted by Crippen LogP contribution is 2.55. The molecule has 0 N–H and O–H groups in total. The van der Waals surface area contributed by atoms with Crippen LogP contribution in [0.15, 0.2) is 188 Å². The van der Waals surface area contributed by atoms with Crippen molar-refractivity contribution in [2.24, 2.45) is 17.8 Å². The van der Waals surface area contributed by atoms with Gasteiger partial charge in [-0.25, -0.2) is 0 Å². The van der Waals surface area contributed by atoms with Gasteiger partial charge in [-0.2, -0.15) is 0 Å². The summed E-state index contributed by atoms with van der Waals surface area (Å²) in [5.74, 6) is 2.37. The number of rotatable bonds is 7. The maximum absolute atomic E-state index is 2.54. The first-order valence-corrected chi connectivity index (χ1v) is 21.7. The van der Waals surface area contributed by atoms with E-state index in [1.165, 1.54) is 104 Å². The van der Waals surface area contributed by atoms with Crippen molar-refractivity contribution in [1.82, 2.24) is 4.57 Å². The van der Waals surface area contributed by atoms with Gasteiger partial charge >= 0.3 is 0 Å². The Kier molecular flexibility index (Phi) is 8.77. The maximum atomic E-state index is 2.54. The molecule has 2 saturated carbocycles. The molecule has 0 amide bonds. The second-order valence-electron chi connectivity index (χ2n) is 17.8. The molecule has 0 aliphatic heterocycles. The third-order valence-electron chi connectivity index (χ3n) is 13.7. The van der Waals surface area contributed by atoms with Crippen LogP contribution in [0.1, 0.15) is 51.5 Å². The zero-order valence-electron chi connectivity index (χ0n) is 34.1. The molecule has 1 heterocycles. The van der Waals surface area contributed by atoms with E-state index in [1.54, 1.807) is 0 Å². The van der Waals surface area contributed by atoms with E-state index in [9.17, 15) is 0 Å². The molecule has 0 unspecified atom stereocenters. The molecular weight excluding hydrogens is 713 g/mol. The highest BCUT2D eigenvalue weighted by molar-refractivity contribution is 6.21. The number of hydrogen-bond donors (Lipinski definition) is 0.